The fourth-order valence-electron chi connectivity index (χ4n) is 2.81. The molecule has 0 aliphatic rings. The largest absolute Gasteiger partial charge is 0.359 e. The Kier molecular flexibility index (Phi) is 9.76. The number of ether oxygens (including phenoxy) is 2. The second-order valence-corrected chi connectivity index (χ2v) is 6.21. The van der Waals surface area contributed by atoms with E-state index in [1.807, 2.05) is 18.2 Å². The van der Waals surface area contributed by atoms with E-state index in [0.29, 0.717) is 13.0 Å². The summed E-state index contributed by atoms with van der Waals surface area (Å²) in [7, 11) is 1.61. The van der Waals surface area contributed by atoms with Crippen molar-refractivity contribution in [2.24, 2.45) is 0 Å². The Morgan fingerprint density at radius 1 is 1.22 bits per heavy atom. The Labute approximate surface area is 140 Å². The molecule has 0 aliphatic carbocycles. The summed E-state index contributed by atoms with van der Waals surface area (Å²) >= 11 is 0. The van der Waals surface area contributed by atoms with Crippen molar-refractivity contribution in [2.45, 2.75) is 58.0 Å². The van der Waals surface area contributed by atoms with Crippen molar-refractivity contribution in [3.05, 3.63) is 35.9 Å². The fourth-order valence-corrected chi connectivity index (χ4v) is 2.81. The van der Waals surface area contributed by atoms with Gasteiger partial charge in [-0.25, -0.2) is 0 Å². The number of ketones is 1. The van der Waals surface area contributed by atoms with E-state index >= 15 is 0 Å². The lowest BCUT2D eigenvalue weighted by molar-refractivity contribution is -0.120. The van der Waals surface area contributed by atoms with Crippen LogP contribution in [0, 0.1) is 0 Å². The van der Waals surface area contributed by atoms with E-state index in [2.05, 4.69) is 24.4 Å². The molecule has 1 rings (SSSR count). The van der Waals surface area contributed by atoms with Crippen LogP contribution in [-0.4, -0.2) is 31.8 Å². The average Bonchev–Trinajstić information content (AvgIpc) is 2.54. The van der Waals surface area contributed by atoms with Crippen molar-refractivity contribution in [3.8, 4) is 0 Å². The van der Waals surface area contributed by atoms with Crippen LogP contribution in [0.5, 0.6) is 0 Å². The first-order valence-corrected chi connectivity index (χ1v) is 8.47. The molecule has 1 N–H and O–H groups in total. The minimum atomic E-state index is -0.324. The van der Waals surface area contributed by atoms with Crippen LogP contribution in [-0.2, 0) is 20.8 Å². The number of carbonyl (C=O) groups is 1. The Hall–Kier alpha value is -1.23. The molecule has 4 nitrogen and oxygen atoms in total. The number of Topliss-reactive ketones (excluding diaryl/α,β-unsaturated/α-hetero) is 1. The Morgan fingerprint density at radius 2 is 1.96 bits per heavy atom. The van der Waals surface area contributed by atoms with Gasteiger partial charge in [-0.3, -0.25) is 4.79 Å². The highest BCUT2D eigenvalue weighted by molar-refractivity contribution is 5.76. The predicted molar refractivity (Wildman–Crippen MR) is 93.3 cm³/mol. The lowest BCUT2D eigenvalue weighted by Crippen LogP contribution is -2.50. The van der Waals surface area contributed by atoms with Gasteiger partial charge in [-0.15, -0.1) is 0 Å². The highest BCUT2D eigenvalue weighted by Crippen LogP contribution is 2.22. The number of benzene rings is 1. The molecule has 0 heterocycles. The highest BCUT2D eigenvalue weighted by atomic mass is 16.7. The molecule has 1 aromatic carbocycles. The zero-order valence-corrected chi connectivity index (χ0v) is 14.8. The van der Waals surface area contributed by atoms with Crippen LogP contribution in [0.25, 0.3) is 0 Å². The first kappa shape index (κ1) is 19.8. The third-order valence-corrected chi connectivity index (χ3v) is 3.94. The zero-order chi connectivity index (χ0) is 17.0. The molecule has 1 atom stereocenters. The zero-order valence-electron chi connectivity index (χ0n) is 14.8. The van der Waals surface area contributed by atoms with Crippen molar-refractivity contribution in [2.75, 3.05) is 20.5 Å². The molecule has 0 aromatic heterocycles. The topological polar surface area (TPSA) is 47.6 Å². The normalized spacial score (nSPS) is 13.7. The average molecular weight is 321 g/mol. The first-order valence-electron chi connectivity index (χ1n) is 8.47. The number of rotatable bonds is 13. The minimum absolute atomic E-state index is 0.183. The van der Waals surface area contributed by atoms with E-state index in [0.717, 1.165) is 32.2 Å². The summed E-state index contributed by atoms with van der Waals surface area (Å²) in [6.45, 7) is 5.30. The van der Waals surface area contributed by atoms with Gasteiger partial charge in [0.15, 0.2) is 0 Å². The Balaban J connectivity index is 2.76. The summed E-state index contributed by atoms with van der Waals surface area (Å²) < 4.78 is 10.6. The van der Waals surface area contributed by atoms with E-state index in [4.69, 9.17) is 9.47 Å². The van der Waals surface area contributed by atoms with E-state index in [-0.39, 0.29) is 18.1 Å². The summed E-state index contributed by atoms with van der Waals surface area (Å²) in [5, 5.41) is 3.60. The second-order valence-electron chi connectivity index (χ2n) is 6.21. The van der Waals surface area contributed by atoms with E-state index in [1.54, 1.807) is 14.0 Å². The highest BCUT2D eigenvalue weighted by Gasteiger charge is 2.31. The number of nitrogens with one attached hydrogen (secondary N) is 1. The maximum atomic E-state index is 11.8. The smallest absolute Gasteiger partial charge is 0.146 e. The molecule has 0 fully saturated rings. The van der Waals surface area contributed by atoms with Gasteiger partial charge in [-0.1, -0.05) is 56.5 Å². The lowest BCUT2D eigenvalue weighted by atomic mass is 9.87. The SMILES string of the molecule is CCCCC[C@@](COCOC)(CC(C)=O)NCc1ccccc1. The fraction of sp³-hybridized carbons (Fsp3) is 0.632. The minimum Gasteiger partial charge on any atom is -0.359 e. The number of methoxy groups -OCH3 is 1. The van der Waals surface area contributed by atoms with E-state index < -0.39 is 0 Å². The second kappa shape index (κ2) is 11.3. The lowest BCUT2D eigenvalue weighted by Gasteiger charge is -2.34. The first-order chi connectivity index (χ1) is 11.1. The number of carbonyl (C=O) groups excluding carboxylic acids is 1. The Morgan fingerprint density at radius 3 is 2.57 bits per heavy atom. The molecule has 0 spiro atoms. The van der Waals surface area contributed by atoms with Gasteiger partial charge >= 0.3 is 0 Å². The molecule has 0 unspecified atom stereocenters. The molecule has 130 valence electrons. The number of hydrogen-bond acceptors (Lipinski definition) is 4. The van der Waals surface area contributed by atoms with Crippen molar-refractivity contribution < 1.29 is 14.3 Å². The maximum Gasteiger partial charge on any atom is 0.146 e. The van der Waals surface area contributed by atoms with Gasteiger partial charge in [0.05, 0.1) is 6.61 Å². The van der Waals surface area contributed by atoms with Gasteiger partial charge in [-0.05, 0) is 18.9 Å². The molecule has 4 heteroatoms. The summed E-state index contributed by atoms with van der Waals surface area (Å²) in [5.74, 6) is 0.183. The molecule has 0 saturated carbocycles. The number of hydrogen-bond donors (Lipinski definition) is 1. The summed E-state index contributed by atoms with van der Waals surface area (Å²) in [5.41, 5.74) is 0.887. The third-order valence-electron chi connectivity index (χ3n) is 3.94. The van der Waals surface area contributed by atoms with Gasteiger partial charge in [0.25, 0.3) is 0 Å². The van der Waals surface area contributed by atoms with Gasteiger partial charge in [0, 0.05) is 25.6 Å². The predicted octanol–water partition coefficient (Wildman–Crippen LogP) is 3.69. The van der Waals surface area contributed by atoms with Crippen LogP contribution in [0.3, 0.4) is 0 Å². The molecule has 23 heavy (non-hydrogen) atoms. The molecular weight excluding hydrogens is 290 g/mol. The monoisotopic (exact) mass is 321 g/mol. The van der Waals surface area contributed by atoms with Crippen LogP contribution in [0.4, 0.5) is 0 Å². The van der Waals surface area contributed by atoms with Crippen LogP contribution in [0.15, 0.2) is 30.3 Å². The van der Waals surface area contributed by atoms with Crippen molar-refractivity contribution in [1.82, 2.24) is 5.32 Å². The third kappa shape index (κ3) is 8.26. The maximum absolute atomic E-state index is 11.8. The quantitative estimate of drug-likeness (QED) is 0.444. The van der Waals surface area contributed by atoms with Gasteiger partial charge in [0.2, 0.25) is 0 Å². The molecule has 0 radical (unpaired) electrons. The molecule has 0 aliphatic heterocycles. The van der Waals surface area contributed by atoms with E-state index in [9.17, 15) is 4.79 Å². The molecule has 0 saturated heterocycles. The van der Waals surface area contributed by atoms with Gasteiger partial charge in [0.1, 0.15) is 12.6 Å². The van der Waals surface area contributed by atoms with Crippen molar-refractivity contribution >= 4 is 5.78 Å². The summed E-state index contributed by atoms with van der Waals surface area (Å²) in [6.07, 6.45) is 4.82. The summed E-state index contributed by atoms with van der Waals surface area (Å²) in [6, 6.07) is 10.3. The van der Waals surface area contributed by atoms with Crippen LogP contribution >= 0.6 is 0 Å². The van der Waals surface area contributed by atoms with Crippen molar-refractivity contribution in [3.63, 3.8) is 0 Å². The van der Waals surface area contributed by atoms with Gasteiger partial charge < -0.3 is 14.8 Å². The van der Waals surface area contributed by atoms with Gasteiger partial charge in [-0.2, -0.15) is 0 Å². The van der Waals surface area contributed by atoms with Crippen LogP contribution < -0.4 is 5.32 Å². The molecule has 0 amide bonds. The molecular formula is C19H31NO3. The summed E-state index contributed by atoms with van der Waals surface area (Å²) in [4.78, 5) is 11.8. The molecule has 0 bridgehead atoms. The van der Waals surface area contributed by atoms with E-state index in [1.165, 1.54) is 5.56 Å². The standard InChI is InChI=1S/C19H31NO3/c1-4-5-9-12-19(13-17(2)21,15-23-16-22-3)20-14-18-10-7-6-8-11-18/h6-8,10-11,20H,4-5,9,12-16H2,1-3H3/t19-/m0/s1. The van der Waals surface area contributed by atoms with Crippen LogP contribution in [0.1, 0.15) is 51.5 Å². The Bertz CT molecular complexity index is 424. The number of unbranched alkanes of at least 4 members (excludes halogenated alkanes) is 2. The van der Waals surface area contributed by atoms with Crippen molar-refractivity contribution in [1.29, 1.82) is 0 Å². The van der Waals surface area contributed by atoms with Crippen LogP contribution in [0.2, 0.25) is 0 Å². The molecule has 1 aromatic rings.